The number of thiophene rings is 1. The molecule has 0 aliphatic rings. The van der Waals surface area contributed by atoms with Crippen molar-refractivity contribution in [2.75, 3.05) is 13.7 Å². The number of nitrogens with one attached hydrogen (secondary N) is 1. The lowest BCUT2D eigenvalue weighted by molar-refractivity contribution is 0.287. The van der Waals surface area contributed by atoms with Gasteiger partial charge in [0.05, 0.1) is 12.1 Å². The van der Waals surface area contributed by atoms with Crippen LogP contribution in [-0.4, -0.2) is 13.7 Å². The number of hydrogen-bond donors (Lipinski definition) is 1. The maximum absolute atomic E-state index is 6.37. The highest BCUT2D eigenvalue weighted by atomic mass is 35.5. The Labute approximate surface area is 153 Å². The van der Waals surface area contributed by atoms with Crippen LogP contribution in [0.1, 0.15) is 24.3 Å². The van der Waals surface area contributed by atoms with Crippen LogP contribution in [0.4, 0.5) is 0 Å². The van der Waals surface area contributed by atoms with Crippen molar-refractivity contribution in [3.63, 3.8) is 0 Å². The fourth-order valence-corrected chi connectivity index (χ4v) is 2.96. The summed E-state index contributed by atoms with van der Waals surface area (Å²) in [5.41, 5.74) is 1.09. The van der Waals surface area contributed by atoms with Crippen molar-refractivity contribution in [2.45, 2.75) is 27.0 Å². The highest BCUT2D eigenvalue weighted by Crippen LogP contribution is 2.37. The van der Waals surface area contributed by atoms with Gasteiger partial charge in [-0.15, -0.1) is 23.7 Å². The molecular weight excluding hydrogens is 353 g/mol. The summed E-state index contributed by atoms with van der Waals surface area (Å²) in [6.45, 7) is 6.60. The van der Waals surface area contributed by atoms with Crippen LogP contribution < -0.4 is 14.8 Å². The Morgan fingerprint density at radius 1 is 1.30 bits per heavy atom. The average molecular weight is 376 g/mol. The SMILES string of the molecule is COc1cc(CNCC(C)C)cc(Cl)c1OCc1cccs1.Cl. The monoisotopic (exact) mass is 375 g/mol. The van der Waals surface area contributed by atoms with Crippen LogP contribution in [0.25, 0.3) is 0 Å². The maximum atomic E-state index is 6.37. The zero-order chi connectivity index (χ0) is 15.9. The van der Waals surface area contributed by atoms with Gasteiger partial charge >= 0.3 is 0 Å². The van der Waals surface area contributed by atoms with Crippen molar-refractivity contribution in [2.24, 2.45) is 5.92 Å². The molecule has 0 unspecified atom stereocenters. The third-order valence-electron chi connectivity index (χ3n) is 3.11. The highest BCUT2D eigenvalue weighted by Gasteiger charge is 2.12. The summed E-state index contributed by atoms with van der Waals surface area (Å²) in [4.78, 5) is 1.15. The molecule has 0 aliphatic carbocycles. The van der Waals surface area contributed by atoms with Gasteiger partial charge < -0.3 is 14.8 Å². The third-order valence-corrected chi connectivity index (χ3v) is 4.24. The van der Waals surface area contributed by atoms with Crippen LogP contribution in [0.3, 0.4) is 0 Å². The van der Waals surface area contributed by atoms with Crippen molar-refractivity contribution in [1.82, 2.24) is 5.32 Å². The molecule has 1 aromatic heterocycles. The van der Waals surface area contributed by atoms with Gasteiger partial charge in [0.1, 0.15) is 6.61 Å². The van der Waals surface area contributed by atoms with Crippen LogP contribution in [0.15, 0.2) is 29.6 Å². The van der Waals surface area contributed by atoms with E-state index in [1.54, 1.807) is 18.4 Å². The number of halogens is 2. The van der Waals surface area contributed by atoms with Crippen molar-refractivity contribution in [1.29, 1.82) is 0 Å². The lowest BCUT2D eigenvalue weighted by Crippen LogP contribution is -2.19. The molecule has 128 valence electrons. The second-order valence-corrected chi connectivity index (χ2v) is 6.94. The number of benzene rings is 1. The van der Waals surface area contributed by atoms with E-state index in [4.69, 9.17) is 21.1 Å². The van der Waals surface area contributed by atoms with E-state index in [9.17, 15) is 0 Å². The molecule has 0 saturated heterocycles. The summed E-state index contributed by atoms with van der Waals surface area (Å²) < 4.78 is 11.3. The van der Waals surface area contributed by atoms with E-state index in [1.165, 1.54) is 0 Å². The smallest absolute Gasteiger partial charge is 0.180 e. The Morgan fingerprint density at radius 3 is 2.70 bits per heavy atom. The van der Waals surface area contributed by atoms with Gasteiger partial charge in [-0.05, 0) is 41.6 Å². The van der Waals surface area contributed by atoms with Crippen LogP contribution in [-0.2, 0) is 13.2 Å². The minimum atomic E-state index is 0. The van der Waals surface area contributed by atoms with Gasteiger partial charge in [-0.2, -0.15) is 0 Å². The maximum Gasteiger partial charge on any atom is 0.180 e. The first-order chi connectivity index (χ1) is 10.6. The van der Waals surface area contributed by atoms with E-state index in [-0.39, 0.29) is 12.4 Å². The summed E-state index contributed by atoms with van der Waals surface area (Å²) >= 11 is 8.03. The molecule has 1 aromatic carbocycles. The quantitative estimate of drug-likeness (QED) is 0.691. The lowest BCUT2D eigenvalue weighted by Gasteiger charge is -2.14. The van der Waals surface area contributed by atoms with Gasteiger partial charge in [0.2, 0.25) is 0 Å². The molecule has 23 heavy (non-hydrogen) atoms. The normalized spacial score (nSPS) is 10.5. The molecule has 0 fully saturated rings. The van der Waals surface area contributed by atoms with E-state index >= 15 is 0 Å². The van der Waals surface area contributed by atoms with Gasteiger partial charge in [0.25, 0.3) is 0 Å². The largest absolute Gasteiger partial charge is 0.493 e. The van der Waals surface area contributed by atoms with Gasteiger partial charge in [0, 0.05) is 11.4 Å². The van der Waals surface area contributed by atoms with Gasteiger partial charge in [-0.25, -0.2) is 0 Å². The van der Waals surface area contributed by atoms with E-state index in [0.29, 0.717) is 29.0 Å². The topological polar surface area (TPSA) is 30.5 Å². The summed E-state index contributed by atoms with van der Waals surface area (Å²) in [6, 6.07) is 7.95. The van der Waals surface area contributed by atoms with Crippen molar-refractivity contribution < 1.29 is 9.47 Å². The first-order valence-electron chi connectivity index (χ1n) is 7.32. The molecule has 0 amide bonds. The fourth-order valence-electron chi connectivity index (χ4n) is 2.06. The van der Waals surface area contributed by atoms with Crippen molar-refractivity contribution in [3.05, 3.63) is 45.1 Å². The molecule has 0 aliphatic heterocycles. The highest BCUT2D eigenvalue weighted by molar-refractivity contribution is 7.09. The molecule has 0 spiro atoms. The molecule has 0 saturated carbocycles. The predicted octanol–water partition coefficient (Wildman–Crippen LogP) is 5.16. The molecule has 1 N–H and O–H groups in total. The summed E-state index contributed by atoms with van der Waals surface area (Å²) in [7, 11) is 1.63. The Hall–Kier alpha value is -0.940. The van der Waals surface area contributed by atoms with Gasteiger partial charge in [0.15, 0.2) is 11.5 Å². The predicted molar refractivity (Wildman–Crippen MR) is 100 cm³/mol. The molecule has 2 rings (SSSR count). The Bertz CT molecular complexity index is 589. The molecule has 6 heteroatoms. The first-order valence-corrected chi connectivity index (χ1v) is 8.58. The standard InChI is InChI=1S/C17H22ClNO2S.ClH/c1-12(2)9-19-10-13-7-15(18)17(16(8-13)20-3)21-11-14-5-4-6-22-14;/h4-8,12,19H,9-11H2,1-3H3;1H. The molecule has 3 nitrogen and oxygen atoms in total. The van der Waals surface area contributed by atoms with E-state index in [1.807, 2.05) is 29.6 Å². The van der Waals surface area contributed by atoms with Crippen molar-refractivity contribution in [3.8, 4) is 11.5 Å². The van der Waals surface area contributed by atoms with Crippen LogP contribution in [0.2, 0.25) is 5.02 Å². The number of methoxy groups -OCH3 is 1. The van der Waals surface area contributed by atoms with Gasteiger partial charge in [-0.3, -0.25) is 0 Å². The first kappa shape index (κ1) is 20.1. The lowest BCUT2D eigenvalue weighted by atomic mass is 10.1. The molecule has 2 aromatic rings. The fraction of sp³-hybridized carbons (Fsp3) is 0.412. The minimum absolute atomic E-state index is 0. The zero-order valence-electron chi connectivity index (χ0n) is 13.6. The van der Waals surface area contributed by atoms with Crippen LogP contribution in [0.5, 0.6) is 11.5 Å². The second kappa shape index (κ2) is 10.0. The summed E-state index contributed by atoms with van der Waals surface area (Å²) in [5.74, 6) is 1.89. The number of ether oxygens (including phenoxy) is 2. The summed E-state index contributed by atoms with van der Waals surface area (Å²) in [6.07, 6.45) is 0. The molecule has 0 bridgehead atoms. The third kappa shape index (κ3) is 6.22. The molecule has 1 heterocycles. The number of rotatable bonds is 8. The number of hydrogen-bond acceptors (Lipinski definition) is 4. The molecule has 0 atom stereocenters. The van der Waals surface area contributed by atoms with Crippen LogP contribution in [0, 0.1) is 5.92 Å². The zero-order valence-corrected chi connectivity index (χ0v) is 16.0. The minimum Gasteiger partial charge on any atom is -0.493 e. The molecule has 0 radical (unpaired) electrons. The Kier molecular flexibility index (Phi) is 8.77. The van der Waals surface area contributed by atoms with Crippen molar-refractivity contribution >= 4 is 35.3 Å². The van der Waals surface area contributed by atoms with Gasteiger partial charge in [-0.1, -0.05) is 31.5 Å². The Morgan fingerprint density at radius 2 is 2.09 bits per heavy atom. The Balaban J connectivity index is 0.00000264. The second-order valence-electron chi connectivity index (χ2n) is 5.50. The summed E-state index contributed by atoms with van der Waals surface area (Å²) in [5, 5.41) is 6.01. The van der Waals surface area contributed by atoms with E-state index in [0.717, 1.165) is 23.5 Å². The van der Waals surface area contributed by atoms with E-state index < -0.39 is 0 Å². The van der Waals surface area contributed by atoms with Crippen LogP contribution >= 0.6 is 35.3 Å². The van der Waals surface area contributed by atoms with E-state index in [2.05, 4.69) is 19.2 Å². The molecular formula is C17H23Cl2NO2S. The average Bonchev–Trinajstić information content (AvgIpc) is 2.98.